The molecule has 1 rings (SSSR count). The number of hydrogen-bond donors (Lipinski definition) is 0. The van der Waals surface area contributed by atoms with Gasteiger partial charge in [0.25, 0.3) is 0 Å². The van der Waals surface area contributed by atoms with E-state index in [0.717, 1.165) is 12.1 Å². The molecule has 1 aromatic rings. The highest BCUT2D eigenvalue weighted by molar-refractivity contribution is 5.38. The van der Waals surface area contributed by atoms with E-state index in [4.69, 9.17) is 0 Å². The van der Waals surface area contributed by atoms with Crippen molar-refractivity contribution in [3.63, 3.8) is 0 Å². The first-order valence-corrected chi connectivity index (χ1v) is 5.02. The Morgan fingerprint density at radius 3 is 2.85 bits per heavy atom. The van der Waals surface area contributed by atoms with Crippen molar-refractivity contribution >= 4 is 5.70 Å². The van der Waals surface area contributed by atoms with Crippen LogP contribution in [0.4, 0.5) is 0 Å². The predicted molar refractivity (Wildman–Crippen MR) is 56.3 cm³/mol. The van der Waals surface area contributed by atoms with Gasteiger partial charge in [-0.25, -0.2) is 4.68 Å². The number of hydrogen-bond acceptors (Lipinski definition) is 1. The molecule has 72 valence electrons. The van der Waals surface area contributed by atoms with Gasteiger partial charge in [0, 0.05) is 18.1 Å². The highest BCUT2D eigenvalue weighted by atomic mass is 15.3. The summed E-state index contributed by atoms with van der Waals surface area (Å²) in [4.78, 5) is 0. The maximum Gasteiger partial charge on any atom is 0.0493 e. The van der Waals surface area contributed by atoms with E-state index in [-0.39, 0.29) is 0 Å². The van der Waals surface area contributed by atoms with Gasteiger partial charge in [-0.3, -0.25) is 0 Å². The van der Waals surface area contributed by atoms with Crippen molar-refractivity contribution in [3.05, 3.63) is 25.0 Å². The van der Waals surface area contributed by atoms with E-state index in [1.54, 1.807) is 6.20 Å². The van der Waals surface area contributed by atoms with E-state index in [1.807, 2.05) is 16.9 Å². The van der Waals surface area contributed by atoms with Crippen LogP contribution >= 0.6 is 0 Å². The fourth-order valence-corrected chi connectivity index (χ4v) is 1.33. The summed E-state index contributed by atoms with van der Waals surface area (Å²) < 4.78 is 1.85. The molecule has 0 aliphatic carbocycles. The van der Waals surface area contributed by atoms with Crippen molar-refractivity contribution in [1.29, 1.82) is 0 Å². The molecule has 1 aromatic heterocycles. The lowest BCUT2D eigenvalue weighted by Crippen LogP contribution is -1.95. The molecule has 2 heteroatoms. The summed E-state index contributed by atoms with van der Waals surface area (Å²) in [5.74, 6) is 0. The zero-order chi connectivity index (χ0) is 9.52. The van der Waals surface area contributed by atoms with E-state index in [2.05, 4.69) is 18.6 Å². The Bertz CT molecular complexity index is 237. The molecule has 0 saturated carbocycles. The molecule has 1 heterocycles. The maximum absolute atomic E-state index is 4.13. The summed E-state index contributed by atoms with van der Waals surface area (Å²) in [6.07, 6.45) is 9.94. The minimum atomic E-state index is 1.06. The first-order chi connectivity index (χ1) is 6.34. The van der Waals surface area contributed by atoms with Crippen molar-refractivity contribution in [2.75, 3.05) is 0 Å². The van der Waals surface area contributed by atoms with Gasteiger partial charge in [-0.2, -0.15) is 5.10 Å². The molecule has 0 spiro atoms. The van der Waals surface area contributed by atoms with Crippen molar-refractivity contribution < 1.29 is 0 Å². The van der Waals surface area contributed by atoms with Gasteiger partial charge in [-0.15, -0.1) is 0 Å². The fourth-order valence-electron chi connectivity index (χ4n) is 1.33. The van der Waals surface area contributed by atoms with E-state index < -0.39 is 0 Å². The number of rotatable bonds is 6. The smallest absolute Gasteiger partial charge is 0.0493 e. The average molecular weight is 178 g/mol. The number of allylic oxidation sites excluding steroid dienone is 1. The largest absolute Gasteiger partial charge is 0.246 e. The molecule has 2 nitrogen and oxygen atoms in total. The lowest BCUT2D eigenvalue weighted by atomic mass is 10.1. The SMILES string of the molecule is C=C(CCCCCC)n1cccn1. The average Bonchev–Trinajstić information content (AvgIpc) is 2.65. The molecule has 0 aromatic carbocycles. The van der Waals surface area contributed by atoms with E-state index in [0.29, 0.717) is 0 Å². The summed E-state index contributed by atoms with van der Waals surface area (Å²) in [5, 5.41) is 4.13. The lowest BCUT2D eigenvalue weighted by Gasteiger charge is -2.04. The first-order valence-electron chi connectivity index (χ1n) is 5.02. The van der Waals surface area contributed by atoms with Crippen LogP contribution in [0.1, 0.15) is 39.0 Å². The summed E-state index contributed by atoms with van der Waals surface area (Å²) in [6.45, 7) is 6.22. The predicted octanol–water partition coefficient (Wildman–Crippen LogP) is 3.32. The van der Waals surface area contributed by atoms with Gasteiger partial charge in [0.05, 0.1) is 0 Å². The maximum atomic E-state index is 4.13. The number of unbranched alkanes of at least 4 members (excludes halogenated alkanes) is 3. The normalized spacial score (nSPS) is 10.2. The molecule has 0 radical (unpaired) electrons. The summed E-state index contributed by atoms with van der Waals surface area (Å²) in [6, 6.07) is 1.93. The summed E-state index contributed by atoms with van der Waals surface area (Å²) >= 11 is 0. The zero-order valence-corrected chi connectivity index (χ0v) is 8.37. The Labute approximate surface area is 80.3 Å². The third-order valence-electron chi connectivity index (χ3n) is 2.15. The molecular weight excluding hydrogens is 160 g/mol. The Balaban J connectivity index is 2.19. The lowest BCUT2D eigenvalue weighted by molar-refractivity contribution is 0.666. The van der Waals surface area contributed by atoms with Crippen LogP contribution in [0.2, 0.25) is 0 Å². The van der Waals surface area contributed by atoms with E-state index >= 15 is 0 Å². The van der Waals surface area contributed by atoms with E-state index in [9.17, 15) is 0 Å². The third-order valence-corrected chi connectivity index (χ3v) is 2.15. The van der Waals surface area contributed by atoms with Gasteiger partial charge in [0.15, 0.2) is 0 Å². The topological polar surface area (TPSA) is 17.8 Å². The Morgan fingerprint density at radius 2 is 2.23 bits per heavy atom. The van der Waals surface area contributed by atoms with Gasteiger partial charge in [-0.05, 0) is 18.9 Å². The van der Waals surface area contributed by atoms with Crippen molar-refractivity contribution in [1.82, 2.24) is 9.78 Å². The summed E-state index contributed by atoms with van der Waals surface area (Å²) in [5.41, 5.74) is 1.10. The molecule has 0 atom stereocenters. The van der Waals surface area contributed by atoms with Crippen LogP contribution < -0.4 is 0 Å². The van der Waals surface area contributed by atoms with Crippen LogP contribution in [0.3, 0.4) is 0 Å². The Kier molecular flexibility index (Phi) is 4.30. The molecule has 0 saturated heterocycles. The highest BCUT2D eigenvalue weighted by Gasteiger charge is 1.96. The minimum Gasteiger partial charge on any atom is -0.246 e. The first kappa shape index (κ1) is 10.0. The van der Waals surface area contributed by atoms with Crippen LogP contribution in [0.5, 0.6) is 0 Å². The van der Waals surface area contributed by atoms with Gasteiger partial charge < -0.3 is 0 Å². The molecule has 0 N–H and O–H groups in total. The second-order valence-corrected chi connectivity index (χ2v) is 3.33. The molecule has 0 unspecified atom stereocenters. The van der Waals surface area contributed by atoms with Crippen molar-refractivity contribution in [3.8, 4) is 0 Å². The summed E-state index contributed by atoms with van der Waals surface area (Å²) in [7, 11) is 0. The second-order valence-electron chi connectivity index (χ2n) is 3.33. The van der Waals surface area contributed by atoms with Crippen LogP contribution in [-0.4, -0.2) is 9.78 Å². The Hall–Kier alpha value is -1.05. The molecule has 13 heavy (non-hydrogen) atoms. The van der Waals surface area contributed by atoms with Crippen LogP contribution in [0, 0.1) is 0 Å². The molecule has 0 aliphatic rings. The monoisotopic (exact) mass is 178 g/mol. The van der Waals surface area contributed by atoms with E-state index in [1.165, 1.54) is 25.7 Å². The molecule has 0 aliphatic heterocycles. The Morgan fingerprint density at radius 1 is 1.38 bits per heavy atom. The highest BCUT2D eigenvalue weighted by Crippen LogP contribution is 2.11. The van der Waals surface area contributed by atoms with Crippen LogP contribution in [-0.2, 0) is 0 Å². The molecule has 0 fully saturated rings. The van der Waals surface area contributed by atoms with Gasteiger partial charge in [0.1, 0.15) is 0 Å². The third kappa shape index (κ3) is 3.45. The minimum absolute atomic E-state index is 1.06. The van der Waals surface area contributed by atoms with Crippen LogP contribution in [0.25, 0.3) is 5.70 Å². The quantitative estimate of drug-likeness (QED) is 0.611. The second kappa shape index (κ2) is 5.57. The van der Waals surface area contributed by atoms with Crippen LogP contribution in [0.15, 0.2) is 25.0 Å². The number of nitrogens with zero attached hydrogens (tertiary/aromatic N) is 2. The van der Waals surface area contributed by atoms with Gasteiger partial charge in [-0.1, -0.05) is 32.8 Å². The molecule has 0 bridgehead atoms. The van der Waals surface area contributed by atoms with Crippen molar-refractivity contribution in [2.24, 2.45) is 0 Å². The molecule has 0 amide bonds. The fraction of sp³-hybridized carbons (Fsp3) is 0.545. The number of aromatic nitrogens is 2. The van der Waals surface area contributed by atoms with Gasteiger partial charge >= 0.3 is 0 Å². The standard InChI is InChI=1S/C11H18N2/c1-3-4-5-6-8-11(2)13-10-7-9-12-13/h7,9-10H,2-6,8H2,1H3. The zero-order valence-electron chi connectivity index (χ0n) is 8.37. The molecular formula is C11H18N2. The van der Waals surface area contributed by atoms with Gasteiger partial charge in [0.2, 0.25) is 0 Å². The van der Waals surface area contributed by atoms with Crippen molar-refractivity contribution in [2.45, 2.75) is 39.0 Å².